The van der Waals surface area contributed by atoms with Crippen molar-refractivity contribution in [3.63, 3.8) is 0 Å². The van der Waals surface area contributed by atoms with Crippen LogP contribution in [0.25, 0.3) is 0 Å². The van der Waals surface area contributed by atoms with Crippen molar-refractivity contribution in [3.8, 4) is 5.75 Å². The fraction of sp³-hybridized carbons (Fsp3) is 0.562. The van der Waals surface area contributed by atoms with Crippen molar-refractivity contribution in [1.29, 1.82) is 0 Å². The Labute approximate surface area is 150 Å². The number of carbonyl (C=O) groups excluding carboxylic acids is 1. The van der Waals surface area contributed by atoms with Gasteiger partial charge in [-0.15, -0.1) is 12.4 Å². The minimum atomic E-state index is -4.39. The molecule has 1 aliphatic heterocycles. The third-order valence-electron chi connectivity index (χ3n) is 3.91. The van der Waals surface area contributed by atoms with E-state index >= 15 is 0 Å². The first-order chi connectivity index (χ1) is 11.3. The van der Waals surface area contributed by atoms with Gasteiger partial charge in [-0.2, -0.15) is 13.2 Å². The number of benzene rings is 1. The number of ether oxygens (including phenoxy) is 2. The molecule has 25 heavy (non-hydrogen) atoms. The molecule has 5 nitrogen and oxygen atoms in total. The molecule has 1 aromatic rings. The highest BCUT2D eigenvalue weighted by Crippen LogP contribution is 2.25. The Morgan fingerprint density at radius 2 is 2.04 bits per heavy atom. The average Bonchev–Trinajstić information content (AvgIpc) is 2.53. The second-order valence-corrected chi connectivity index (χ2v) is 5.85. The van der Waals surface area contributed by atoms with Gasteiger partial charge in [-0.25, -0.2) is 0 Å². The first-order valence-electron chi connectivity index (χ1n) is 7.70. The molecule has 1 aromatic carbocycles. The van der Waals surface area contributed by atoms with Crippen LogP contribution in [0.3, 0.4) is 0 Å². The first kappa shape index (κ1) is 21.5. The maximum atomic E-state index is 12.2. The molecule has 1 aliphatic rings. The molecule has 142 valence electrons. The van der Waals surface area contributed by atoms with E-state index < -0.39 is 18.8 Å². The number of halogens is 4. The number of hydrogen-bond acceptors (Lipinski definition) is 4. The van der Waals surface area contributed by atoms with E-state index in [1.807, 2.05) is 0 Å². The molecule has 0 aromatic heterocycles. The zero-order valence-electron chi connectivity index (χ0n) is 13.8. The number of nitrogens with one attached hydrogen (secondary N) is 1. The van der Waals surface area contributed by atoms with Crippen molar-refractivity contribution < 1.29 is 27.4 Å². The highest BCUT2D eigenvalue weighted by molar-refractivity contribution is 5.95. The van der Waals surface area contributed by atoms with E-state index in [0.717, 1.165) is 12.8 Å². The van der Waals surface area contributed by atoms with E-state index in [1.165, 1.54) is 12.1 Å². The van der Waals surface area contributed by atoms with Gasteiger partial charge in [-0.05, 0) is 49.4 Å². The summed E-state index contributed by atoms with van der Waals surface area (Å²) >= 11 is 0. The topological polar surface area (TPSA) is 73.6 Å². The summed E-state index contributed by atoms with van der Waals surface area (Å²) in [7, 11) is 0. The molecule has 1 unspecified atom stereocenters. The van der Waals surface area contributed by atoms with Crippen molar-refractivity contribution in [1.82, 2.24) is 0 Å². The predicted octanol–water partition coefficient (Wildman–Crippen LogP) is 3.05. The van der Waals surface area contributed by atoms with Gasteiger partial charge in [0, 0.05) is 18.9 Å². The number of nitrogens with two attached hydrogens (primary N) is 1. The monoisotopic (exact) mass is 382 g/mol. The Kier molecular flexibility index (Phi) is 7.98. The van der Waals surface area contributed by atoms with E-state index in [2.05, 4.69) is 5.32 Å². The van der Waals surface area contributed by atoms with Gasteiger partial charge < -0.3 is 20.5 Å². The second kappa shape index (κ2) is 9.26. The molecule has 1 amide bonds. The maximum absolute atomic E-state index is 12.2. The summed E-state index contributed by atoms with van der Waals surface area (Å²) in [5, 5.41) is 2.70. The third kappa shape index (κ3) is 6.72. The lowest BCUT2D eigenvalue weighted by atomic mass is 9.92. The number of rotatable bonds is 5. The SMILES string of the molecule is Cc1cc(NC(=O)C(N)C2CCOCC2)ccc1OCC(F)(F)F.Cl. The number of anilines is 1. The van der Waals surface area contributed by atoms with Gasteiger partial charge in [0.25, 0.3) is 0 Å². The van der Waals surface area contributed by atoms with Crippen LogP contribution < -0.4 is 15.8 Å². The maximum Gasteiger partial charge on any atom is 0.422 e. The van der Waals surface area contributed by atoms with Crippen molar-refractivity contribution in [2.75, 3.05) is 25.1 Å². The van der Waals surface area contributed by atoms with Gasteiger partial charge in [0.1, 0.15) is 5.75 Å². The smallest absolute Gasteiger partial charge is 0.422 e. The summed E-state index contributed by atoms with van der Waals surface area (Å²) in [4.78, 5) is 12.2. The van der Waals surface area contributed by atoms with Crippen LogP contribution >= 0.6 is 12.4 Å². The van der Waals surface area contributed by atoms with Crippen LogP contribution in [0.15, 0.2) is 18.2 Å². The van der Waals surface area contributed by atoms with E-state index in [9.17, 15) is 18.0 Å². The summed E-state index contributed by atoms with van der Waals surface area (Å²) in [6, 6.07) is 3.81. The van der Waals surface area contributed by atoms with Gasteiger partial charge in [0.2, 0.25) is 5.91 Å². The van der Waals surface area contributed by atoms with Crippen molar-refractivity contribution in [2.45, 2.75) is 32.0 Å². The average molecular weight is 383 g/mol. The Hall–Kier alpha value is -1.51. The molecule has 3 N–H and O–H groups in total. The van der Waals surface area contributed by atoms with Gasteiger partial charge in [0.15, 0.2) is 6.61 Å². The van der Waals surface area contributed by atoms with Gasteiger partial charge in [-0.1, -0.05) is 0 Å². The third-order valence-corrected chi connectivity index (χ3v) is 3.91. The lowest BCUT2D eigenvalue weighted by molar-refractivity contribution is -0.153. The van der Waals surface area contributed by atoms with E-state index in [-0.39, 0.29) is 30.0 Å². The largest absolute Gasteiger partial charge is 0.484 e. The molecule has 0 spiro atoms. The van der Waals surface area contributed by atoms with Gasteiger partial charge in [0.05, 0.1) is 6.04 Å². The molecule has 1 atom stereocenters. The molecule has 1 heterocycles. The standard InChI is InChI=1S/C16H21F3N2O3.ClH/c1-10-8-12(2-3-13(10)24-9-16(17,18)19)21-15(22)14(20)11-4-6-23-7-5-11;/h2-3,8,11,14H,4-7,9,20H2,1H3,(H,21,22);1H. The van der Waals surface area contributed by atoms with E-state index in [0.29, 0.717) is 24.5 Å². The van der Waals surface area contributed by atoms with Crippen LogP contribution in [0.5, 0.6) is 5.75 Å². The zero-order chi connectivity index (χ0) is 17.7. The second-order valence-electron chi connectivity index (χ2n) is 5.85. The first-order valence-corrected chi connectivity index (χ1v) is 7.70. The molecule has 0 bridgehead atoms. The fourth-order valence-corrected chi connectivity index (χ4v) is 2.56. The summed E-state index contributed by atoms with van der Waals surface area (Å²) in [5.41, 5.74) is 6.95. The van der Waals surface area contributed by atoms with Crippen molar-refractivity contribution in [3.05, 3.63) is 23.8 Å². The van der Waals surface area contributed by atoms with E-state index in [1.54, 1.807) is 13.0 Å². The normalized spacial score (nSPS) is 16.7. The highest BCUT2D eigenvalue weighted by atomic mass is 35.5. The quantitative estimate of drug-likeness (QED) is 0.821. The van der Waals surface area contributed by atoms with Crippen LogP contribution in [0.2, 0.25) is 0 Å². The zero-order valence-corrected chi connectivity index (χ0v) is 14.6. The molecular formula is C16H22ClF3N2O3. The molecule has 0 saturated carbocycles. The Morgan fingerprint density at radius 3 is 2.60 bits per heavy atom. The Balaban J connectivity index is 0.00000312. The van der Waals surface area contributed by atoms with Gasteiger partial charge in [-0.3, -0.25) is 4.79 Å². The molecule has 1 fully saturated rings. The summed E-state index contributed by atoms with van der Waals surface area (Å²) in [5.74, 6) is -0.126. The van der Waals surface area contributed by atoms with Crippen LogP contribution in [-0.2, 0) is 9.53 Å². The number of carbonyl (C=O) groups is 1. The Bertz CT molecular complexity index is 578. The van der Waals surface area contributed by atoms with Crippen LogP contribution in [0.1, 0.15) is 18.4 Å². The summed E-state index contributed by atoms with van der Waals surface area (Å²) < 4.78 is 46.5. The number of hydrogen-bond donors (Lipinski definition) is 2. The van der Waals surface area contributed by atoms with E-state index in [4.69, 9.17) is 15.2 Å². The molecule has 2 rings (SSSR count). The summed E-state index contributed by atoms with van der Waals surface area (Å²) in [6.45, 7) is 1.44. The van der Waals surface area contributed by atoms with Crippen LogP contribution in [0.4, 0.5) is 18.9 Å². The molecule has 0 aliphatic carbocycles. The highest BCUT2D eigenvalue weighted by Gasteiger charge is 2.29. The minimum absolute atomic E-state index is 0. The number of aryl methyl sites for hydroxylation is 1. The number of amides is 1. The molecule has 9 heteroatoms. The molecule has 0 radical (unpaired) electrons. The van der Waals surface area contributed by atoms with Crippen LogP contribution in [-0.4, -0.2) is 37.9 Å². The number of alkyl halides is 3. The lowest BCUT2D eigenvalue weighted by Gasteiger charge is -2.26. The predicted molar refractivity (Wildman–Crippen MR) is 90.1 cm³/mol. The summed E-state index contributed by atoms with van der Waals surface area (Å²) in [6.07, 6.45) is -2.93. The van der Waals surface area contributed by atoms with Crippen LogP contribution in [0, 0.1) is 12.8 Å². The van der Waals surface area contributed by atoms with Gasteiger partial charge >= 0.3 is 6.18 Å². The fourth-order valence-electron chi connectivity index (χ4n) is 2.56. The Morgan fingerprint density at radius 1 is 1.40 bits per heavy atom. The van der Waals surface area contributed by atoms with Crippen molar-refractivity contribution >= 4 is 24.0 Å². The minimum Gasteiger partial charge on any atom is -0.484 e. The molecular weight excluding hydrogens is 361 g/mol. The lowest BCUT2D eigenvalue weighted by Crippen LogP contribution is -2.44. The van der Waals surface area contributed by atoms with Crippen molar-refractivity contribution in [2.24, 2.45) is 11.7 Å². The molecule has 1 saturated heterocycles.